The second-order valence-electron chi connectivity index (χ2n) is 18.4. The maximum absolute atomic E-state index is 13.3. The van der Waals surface area contributed by atoms with Gasteiger partial charge in [0.05, 0.1) is 36.8 Å². The molecule has 14 nitrogen and oxygen atoms in total. The number of alkyl carbamates (subject to hydrolysis) is 2. The van der Waals surface area contributed by atoms with Gasteiger partial charge in [0.2, 0.25) is 0 Å². The van der Waals surface area contributed by atoms with Gasteiger partial charge in [-0.15, -0.1) is 0 Å². The van der Waals surface area contributed by atoms with Crippen LogP contribution in [-0.4, -0.2) is 88.6 Å². The Morgan fingerprint density at radius 1 is 0.542 bits per heavy atom. The lowest BCUT2D eigenvalue weighted by atomic mass is 9.86. The predicted octanol–water partition coefficient (Wildman–Crippen LogP) is 7.09. The van der Waals surface area contributed by atoms with Crippen molar-refractivity contribution in [3.63, 3.8) is 0 Å². The number of rotatable bonds is 24. The summed E-state index contributed by atoms with van der Waals surface area (Å²) in [6, 6.07) is 16.7. The van der Waals surface area contributed by atoms with Gasteiger partial charge in [-0.25, -0.2) is 9.59 Å². The Morgan fingerprint density at radius 2 is 0.864 bits per heavy atom. The molecule has 2 aromatic rings. The minimum Gasteiger partial charge on any atom is -0.444 e. The number of Topliss-reactive ketones (excluding diaryl/α,β-unsaturated/α-hetero) is 2. The lowest BCUT2D eigenvalue weighted by Crippen LogP contribution is -2.45. The van der Waals surface area contributed by atoms with Crippen LogP contribution in [-0.2, 0) is 60.5 Å². The quantitative estimate of drug-likeness (QED) is 0.102. The zero-order valence-electron chi connectivity index (χ0n) is 36.4. The lowest BCUT2D eigenvalue weighted by Gasteiger charge is -2.26. The topological polar surface area (TPSA) is 198 Å². The van der Waals surface area contributed by atoms with Gasteiger partial charge in [-0.1, -0.05) is 88.4 Å². The molecule has 332 valence electrons. The third-order valence-electron chi connectivity index (χ3n) is 8.87. The van der Waals surface area contributed by atoms with Crippen LogP contribution >= 0.6 is 0 Å². The SMILES string of the molecule is CC(C)(CCC(=O)[C@H](Cc1ccccc1)NC(=O)OC(C)(C)C)COS(=O)(=O)CCCS(=O)(=O)OCC(C)(C)CCC(=O)[C@H](Cc1ccccc1)NC(=O)OC(C)(C)C. The molecule has 0 heterocycles. The van der Waals surface area contributed by atoms with Crippen molar-refractivity contribution in [2.45, 2.75) is 137 Å². The molecule has 2 amide bonds. The van der Waals surface area contributed by atoms with Crippen molar-refractivity contribution in [2.24, 2.45) is 10.8 Å². The first-order valence-electron chi connectivity index (χ1n) is 19.9. The molecule has 2 N–H and O–H groups in total. The number of nitrogens with one attached hydrogen (secondary N) is 2. The van der Waals surface area contributed by atoms with Gasteiger partial charge in [-0.2, -0.15) is 16.8 Å². The van der Waals surface area contributed by atoms with Gasteiger partial charge in [0.15, 0.2) is 11.6 Å². The Labute approximate surface area is 352 Å². The van der Waals surface area contributed by atoms with Crippen molar-refractivity contribution in [3.8, 4) is 0 Å². The standard InChI is InChI=1S/C43H66N2O12S2/c1-40(2,3)56-38(48)44-34(28-32-18-13-11-14-19-32)36(46)22-24-42(7,8)30-54-58(50,51)26-17-27-59(52,53)55-31-43(9,10)25-23-37(47)35(29-33-20-15-12-16-21-33)45-39(49)57-41(4,5)6/h11-16,18-21,34-35H,17,22-31H2,1-10H3,(H,44,48)(H,45,49)/t34-,35-/m0/s1. The van der Waals surface area contributed by atoms with Gasteiger partial charge in [0.1, 0.15) is 11.2 Å². The van der Waals surface area contributed by atoms with Crippen LogP contribution in [0.3, 0.4) is 0 Å². The summed E-state index contributed by atoms with van der Waals surface area (Å²) in [6.07, 6.45) is -0.665. The van der Waals surface area contributed by atoms with Crippen LogP contribution in [0, 0.1) is 10.8 Å². The van der Waals surface area contributed by atoms with E-state index in [1.54, 1.807) is 69.2 Å². The largest absolute Gasteiger partial charge is 0.444 e. The van der Waals surface area contributed by atoms with Crippen molar-refractivity contribution in [1.29, 1.82) is 0 Å². The van der Waals surface area contributed by atoms with Gasteiger partial charge >= 0.3 is 12.2 Å². The van der Waals surface area contributed by atoms with Crippen molar-refractivity contribution in [1.82, 2.24) is 10.6 Å². The Kier molecular flexibility index (Phi) is 19.2. The number of amides is 2. The molecule has 0 aliphatic heterocycles. The van der Waals surface area contributed by atoms with E-state index in [2.05, 4.69) is 10.6 Å². The van der Waals surface area contributed by atoms with Gasteiger partial charge in [-0.05, 0) is 95.6 Å². The normalized spacial score (nSPS) is 13.9. The molecule has 0 aliphatic rings. The Bertz CT molecular complexity index is 1750. The summed E-state index contributed by atoms with van der Waals surface area (Å²) in [6.45, 7) is 16.8. The first-order chi connectivity index (χ1) is 27.0. The monoisotopic (exact) mass is 866 g/mol. The highest BCUT2D eigenvalue weighted by Gasteiger charge is 2.31. The molecule has 0 saturated carbocycles. The smallest absolute Gasteiger partial charge is 0.408 e. The summed E-state index contributed by atoms with van der Waals surface area (Å²) in [5, 5.41) is 5.35. The lowest BCUT2D eigenvalue weighted by molar-refractivity contribution is -0.122. The second kappa shape index (κ2) is 22.1. The maximum atomic E-state index is 13.3. The Morgan fingerprint density at radius 3 is 1.17 bits per heavy atom. The number of benzene rings is 2. The van der Waals surface area contributed by atoms with Crippen molar-refractivity contribution < 1.29 is 53.9 Å². The first kappa shape index (κ1) is 51.3. The average molecular weight is 867 g/mol. The van der Waals surface area contributed by atoms with E-state index in [1.807, 2.05) is 60.7 Å². The minimum absolute atomic E-state index is 0.0288. The number of hydrogen-bond donors (Lipinski definition) is 2. The highest BCUT2D eigenvalue weighted by molar-refractivity contribution is 7.87. The summed E-state index contributed by atoms with van der Waals surface area (Å²) in [4.78, 5) is 51.8. The molecule has 0 unspecified atom stereocenters. The molecule has 59 heavy (non-hydrogen) atoms. The zero-order valence-corrected chi connectivity index (χ0v) is 38.1. The summed E-state index contributed by atoms with van der Waals surface area (Å²) in [7, 11) is -8.26. The number of hydrogen-bond acceptors (Lipinski definition) is 12. The summed E-state index contributed by atoms with van der Waals surface area (Å²) in [5.41, 5.74) is -1.35. The van der Waals surface area contributed by atoms with Crippen LogP contribution in [0.5, 0.6) is 0 Å². The van der Waals surface area contributed by atoms with E-state index in [9.17, 15) is 36.0 Å². The van der Waals surface area contributed by atoms with Crippen molar-refractivity contribution in [2.75, 3.05) is 24.7 Å². The van der Waals surface area contributed by atoms with E-state index in [0.717, 1.165) is 11.1 Å². The number of ketones is 2. The van der Waals surface area contributed by atoms with Crippen molar-refractivity contribution >= 4 is 44.0 Å². The minimum atomic E-state index is -4.13. The van der Waals surface area contributed by atoms with E-state index < -0.39 is 78.0 Å². The number of carbonyl (C=O) groups is 4. The maximum Gasteiger partial charge on any atom is 0.408 e. The molecule has 2 rings (SSSR count). The van der Waals surface area contributed by atoms with Crippen molar-refractivity contribution in [3.05, 3.63) is 71.8 Å². The molecule has 2 aromatic carbocycles. The van der Waals surface area contributed by atoms with Gasteiger partial charge < -0.3 is 20.1 Å². The molecule has 0 spiro atoms. The molecule has 0 fully saturated rings. The van der Waals surface area contributed by atoms with Crippen LogP contribution < -0.4 is 10.6 Å². The second-order valence-corrected chi connectivity index (χ2v) is 22.0. The third-order valence-corrected chi connectivity index (χ3v) is 11.4. The third kappa shape index (κ3) is 22.9. The zero-order chi connectivity index (χ0) is 44.7. The van der Waals surface area contributed by atoms with E-state index in [-0.39, 0.29) is 69.7 Å². The number of ether oxygens (including phenoxy) is 2. The van der Waals surface area contributed by atoms with Gasteiger partial charge in [0.25, 0.3) is 20.2 Å². The van der Waals surface area contributed by atoms with E-state index in [1.165, 1.54) is 0 Å². The van der Waals surface area contributed by atoms with E-state index in [4.69, 9.17) is 17.8 Å². The molecule has 0 radical (unpaired) electrons. The fourth-order valence-corrected chi connectivity index (χ4v) is 7.95. The molecular formula is C43H66N2O12S2. The van der Waals surface area contributed by atoms with Crippen LogP contribution in [0.2, 0.25) is 0 Å². The molecular weight excluding hydrogens is 801 g/mol. The predicted molar refractivity (Wildman–Crippen MR) is 227 cm³/mol. The first-order valence-corrected chi connectivity index (χ1v) is 23.1. The molecule has 0 bridgehead atoms. The highest BCUT2D eigenvalue weighted by atomic mass is 32.2. The van der Waals surface area contributed by atoms with E-state index >= 15 is 0 Å². The molecule has 2 atom stereocenters. The Balaban J connectivity index is 1.87. The molecule has 0 saturated heterocycles. The van der Waals surface area contributed by atoms with Crippen LogP contribution in [0.1, 0.15) is 112 Å². The summed E-state index contributed by atoms with van der Waals surface area (Å²) >= 11 is 0. The highest BCUT2D eigenvalue weighted by Crippen LogP contribution is 2.26. The summed E-state index contributed by atoms with van der Waals surface area (Å²) in [5.74, 6) is -1.65. The molecule has 0 aromatic heterocycles. The van der Waals surface area contributed by atoms with Crippen LogP contribution in [0.4, 0.5) is 9.59 Å². The van der Waals surface area contributed by atoms with Crippen LogP contribution in [0.15, 0.2) is 60.7 Å². The fourth-order valence-electron chi connectivity index (χ4n) is 5.53. The summed E-state index contributed by atoms with van der Waals surface area (Å²) < 4.78 is 72.3. The van der Waals surface area contributed by atoms with Gasteiger partial charge in [-0.3, -0.25) is 18.0 Å². The van der Waals surface area contributed by atoms with E-state index in [0.29, 0.717) is 0 Å². The average Bonchev–Trinajstić information content (AvgIpc) is 3.10. The van der Waals surface area contributed by atoms with Gasteiger partial charge in [0, 0.05) is 12.8 Å². The van der Waals surface area contributed by atoms with Crippen LogP contribution in [0.25, 0.3) is 0 Å². The number of carbonyl (C=O) groups excluding carboxylic acids is 4. The molecule has 0 aliphatic carbocycles. The fraction of sp³-hybridized carbons (Fsp3) is 0.628. The molecule has 16 heteroatoms. The Hall–Kier alpha value is -3.86.